The Kier molecular flexibility index (Phi) is 7.22. The normalized spacial score (nSPS) is 20.1. The number of hydrogen-bond acceptors (Lipinski definition) is 4. The van der Waals surface area contributed by atoms with Gasteiger partial charge in [0.25, 0.3) is 5.91 Å². The van der Waals surface area contributed by atoms with E-state index in [2.05, 4.69) is 10.3 Å². The molecule has 1 heterocycles. The van der Waals surface area contributed by atoms with Crippen molar-refractivity contribution >= 4 is 23.8 Å². The zero-order chi connectivity index (χ0) is 16.5. The van der Waals surface area contributed by atoms with E-state index in [1.807, 2.05) is 25.2 Å². The monoisotopic (exact) mass is 305 g/mol. The molecule has 1 saturated heterocycles. The minimum absolute atomic E-state index is 0.231. The van der Waals surface area contributed by atoms with Gasteiger partial charge in [-0.2, -0.15) is 0 Å². The van der Waals surface area contributed by atoms with Crippen LogP contribution in [0.1, 0.15) is 26.2 Å². The minimum Gasteiger partial charge on any atom is -0.357 e. The zero-order valence-electron chi connectivity index (χ0n) is 13.3. The van der Waals surface area contributed by atoms with E-state index in [0.717, 1.165) is 18.3 Å². The predicted molar refractivity (Wildman–Crippen MR) is 85.7 cm³/mol. The number of likely N-dealkylation sites (tertiary alicyclic amines) is 1. The largest absolute Gasteiger partial charge is 0.357 e. The number of aliphatic imine (C=N–C) groups is 1. The van der Waals surface area contributed by atoms with E-state index in [-0.39, 0.29) is 18.2 Å². The van der Waals surface area contributed by atoms with Crippen LogP contribution in [0.2, 0.25) is 0 Å². The van der Waals surface area contributed by atoms with Crippen LogP contribution in [0.4, 0.5) is 0 Å². The van der Waals surface area contributed by atoms with E-state index in [9.17, 15) is 14.4 Å². The van der Waals surface area contributed by atoms with E-state index in [4.69, 9.17) is 0 Å². The number of rotatable bonds is 7. The van der Waals surface area contributed by atoms with E-state index in [0.29, 0.717) is 18.7 Å². The standard InChI is InChI=1S/C16H23N3O3/c1-4-5-6-8-12-11-19(16(22)14(12)17-2)13(9-7-10-20)15(21)18-3/h5-6,8,10,13H,4,7,9,11H2,1-3H3,(H,18,21)/b6-5+,12-8-,17-14+. The molecule has 0 saturated carbocycles. The Bertz CT molecular complexity index is 521. The van der Waals surface area contributed by atoms with E-state index < -0.39 is 6.04 Å². The van der Waals surface area contributed by atoms with Crippen molar-refractivity contribution in [3.05, 3.63) is 23.8 Å². The minimum atomic E-state index is -0.652. The number of aldehydes is 1. The first-order valence-electron chi connectivity index (χ1n) is 7.39. The fourth-order valence-electron chi connectivity index (χ4n) is 2.37. The average Bonchev–Trinajstić information content (AvgIpc) is 2.83. The molecule has 0 spiro atoms. The molecule has 1 aliphatic rings. The third kappa shape index (κ3) is 4.13. The number of carbonyl (C=O) groups excluding carboxylic acids is 3. The number of hydrogen-bond donors (Lipinski definition) is 1. The molecule has 1 unspecified atom stereocenters. The molecule has 0 aromatic rings. The lowest BCUT2D eigenvalue weighted by molar-refractivity contribution is -0.134. The van der Waals surface area contributed by atoms with Crippen LogP contribution in [0.15, 0.2) is 28.8 Å². The van der Waals surface area contributed by atoms with Gasteiger partial charge in [-0.25, -0.2) is 0 Å². The summed E-state index contributed by atoms with van der Waals surface area (Å²) in [6.45, 7) is 2.35. The molecule has 6 heteroatoms. The SMILES string of the molecule is CC/C=C/C=C1/CN(C(CCC=O)C(=O)NC)C(=O)/C1=N/C. The molecule has 6 nitrogen and oxygen atoms in total. The molecule has 0 bridgehead atoms. The van der Waals surface area contributed by atoms with E-state index >= 15 is 0 Å². The van der Waals surface area contributed by atoms with Crippen molar-refractivity contribution in [3.63, 3.8) is 0 Å². The quantitative estimate of drug-likeness (QED) is 0.709. The second-order valence-corrected chi connectivity index (χ2v) is 4.91. The van der Waals surface area contributed by atoms with Crippen molar-refractivity contribution < 1.29 is 14.4 Å². The van der Waals surface area contributed by atoms with Gasteiger partial charge in [0.05, 0.1) is 0 Å². The van der Waals surface area contributed by atoms with Crippen LogP contribution in [0, 0.1) is 0 Å². The second-order valence-electron chi connectivity index (χ2n) is 4.91. The smallest absolute Gasteiger partial charge is 0.273 e. The Hall–Kier alpha value is -2.24. The first-order valence-corrected chi connectivity index (χ1v) is 7.39. The highest BCUT2D eigenvalue weighted by Gasteiger charge is 2.38. The van der Waals surface area contributed by atoms with Crippen LogP contribution in [-0.4, -0.2) is 55.4 Å². The van der Waals surface area contributed by atoms with Crippen LogP contribution in [-0.2, 0) is 14.4 Å². The fourth-order valence-corrected chi connectivity index (χ4v) is 2.37. The molecule has 0 aliphatic carbocycles. The molecule has 0 radical (unpaired) electrons. The highest BCUT2D eigenvalue weighted by molar-refractivity contribution is 6.48. The summed E-state index contributed by atoms with van der Waals surface area (Å²) in [4.78, 5) is 40.6. The predicted octanol–water partition coefficient (Wildman–Crippen LogP) is 0.886. The number of amides is 2. The van der Waals surface area contributed by atoms with Crippen LogP contribution >= 0.6 is 0 Å². The number of likely N-dealkylation sites (N-methyl/N-ethyl adjacent to an activating group) is 1. The topological polar surface area (TPSA) is 78.8 Å². The summed E-state index contributed by atoms with van der Waals surface area (Å²) in [5, 5.41) is 2.55. The highest BCUT2D eigenvalue weighted by Crippen LogP contribution is 2.20. The summed E-state index contributed by atoms with van der Waals surface area (Å²) in [5.74, 6) is -0.533. The summed E-state index contributed by atoms with van der Waals surface area (Å²) in [5.41, 5.74) is 1.16. The van der Waals surface area contributed by atoms with Gasteiger partial charge in [-0.05, 0) is 12.8 Å². The van der Waals surface area contributed by atoms with Crippen molar-refractivity contribution in [2.75, 3.05) is 20.6 Å². The summed E-state index contributed by atoms with van der Waals surface area (Å²) in [7, 11) is 3.08. The number of carbonyl (C=O) groups is 3. The van der Waals surface area contributed by atoms with Gasteiger partial charge in [0, 0.05) is 32.6 Å². The molecule has 0 aromatic carbocycles. The maximum atomic E-state index is 12.5. The molecular weight excluding hydrogens is 282 g/mol. The second kappa shape index (κ2) is 8.92. The van der Waals surface area contributed by atoms with Crippen molar-refractivity contribution in [1.82, 2.24) is 10.2 Å². The third-order valence-electron chi connectivity index (χ3n) is 3.48. The van der Waals surface area contributed by atoms with Gasteiger partial charge < -0.3 is 15.0 Å². The third-order valence-corrected chi connectivity index (χ3v) is 3.48. The molecule has 1 aliphatic heterocycles. The molecule has 2 amide bonds. The molecule has 1 atom stereocenters. The van der Waals surface area contributed by atoms with Gasteiger partial charge in [-0.3, -0.25) is 14.6 Å². The lowest BCUT2D eigenvalue weighted by Crippen LogP contribution is -2.47. The molecule has 0 aromatic heterocycles. The molecule has 22 heavy (non-hydrogen) atoms. The Morgan fingerprint density at radius 1 is 1.50 bits per heavy atom. The Balaban J connectivity index is 3.05. The number of allylic oxidation sites excluding steroid dienone is 3. The summed E-state index contributed by atoms with van der Waals surface area (Å²) in [6.07, 6.45) is 7.92. The summed E-state index contributed by atoms with van der Waals surface area (Å²) in [6, 6.07) is -0.652. The molecule has 1 fully saturated rings. The maximum Gasteiger partial charge on any atom is 0.273 e. The van der Waals surface area contributed by atoms with E-state index in [1.54, 1.807) is 7.05 Å². The average molecular weight is 305 g/mol. The van der Waals surface area contributed by atoms with Gasteiger partial charge in [0.1, 0.15) is 18.0 Å². The molecule has 120 valence electrons. The lowest BCUT2D eigenvalue weighted by atomic mass is 10.1. The van der Waals surface area contributed by atoms with Gasteiger partial charge in [-0.15, -0.1) is 0 Å². The molecular formula is C16H23N3O3. The lowest BCUT2D eigenvalue weighted by Gasteiger charge is -2.25. The maximum absolute atomic E-state index is 12.5. The van der Waals surface area contributed by atoms with Crippen LogP contribution < -0.4 is 5.32 Å². The molecule has 1 N–H and O–H groups in total. The van der Waals surface area contributed by atoms with Gasteiger partial charge in [-0.1, -0.05) is 25.2 Å². The molecule has 1 rings (SSSR count). The number of nitrogens with zero attached hydrogens (tertiary/aromatic N) is 2. The fraction of sp³-hybridized carbons (Fsp3) is 0.500. The zero-order valence-corrected chi connectivity index (χ0v) is 13.3. The van der Waals surface area contributed by atoms with Crippen molar-refractivity contribution in [2.45, 2.75) is 32.2 Å². The first-order chi connectivity index (χ1) is 10.6. The summed E-state index contributed by atoms with van der Waals surface area (Å²) >= 11 is 0. The first kappa shape index (κ1) is 17.8. The Morgan fingerprint density at radius 2 is 2.23 bits per heavy atom. The van der Waals surface area contributed by atoms with Gasteiger partial charge >= 0.3 is 0 Å². The summed E-state index contributed by atoms with van der Waals surface area (Å²) < 4.78 is 0. The van der Waals surface area contributed by atoms with E-state index in [1.165, 1.54) is 11.9 Å². The number of nitrogens with one attached hydrogen (secondary N) is 1. The van der Waals surface area contributed by atoms with Crippen molar-refractivity contribution in [2.24, 2.45) is 4.99 Å². The van der Waals surface area contributed by atoms with Crippen LogP contribution in [0.5, 0.6) is 0 Å². The van der Waals surface area contributed by atoms with Crippen LogP contribution in [0.25, 0.3) is 0 Å². The van der Waals surface area contributed by atoms with Crippen molar-refractivity contribution in [1.29, 1.82) is 0 Å². The Morgan fingerprint density at radius 3 is 2.77 bits per heavy atom. The van der Waals surface area contributed by atoms with Gasteiger partial charge in [0.2, 0.25) is 5.91 Å². The highest BCUT2D eigenvalue weighted by atomic mass is 16.2. The van der Waals surface area contributed by atoms with Crippen molar-refractivity contribution in [3.8, 4) is 0 Å². The van der Waals surface area contributed by atoms with Crippen LogP contribution in [0.3, 0.4) is 0 Å². The van der Waals surface area contributed by atoms with Gasteiger partial charge in [0.15, 0.2) is 0 Å². The Labute approximate surface area is 131 Å².